The molecule has 4 N–H and O–H groups in total. The van der Waals surface area contributed by atoms with Gasteiger partial charge in [-0.2, -0.15) is 10.4 Å². The minimum Gasteiger partial charge on any atom is -0.400 e. The van der Waals surface area contributed by atoms with Gasteiger partial charge in [-0.1, -0.05) is 61.5 Å². The summed E-state index contributed by atoms with van der Waals surface area (Å²) in [6, 6.07) is 42.1. The molecule has 0 bridgehead atoms. The van der Waals surface area contributed by atoms with Gasteiger partial charge < -0.3 is 30.9 Å². The largest absolute Gasteiger partial charge is 0.400 e. The normalized spacial score (nSPS) is 18.7. The third kappa shape index (κ3) is 12.5. The summed E-state index contributed by atoms with van der Waals surface area (Å²) < 4.78 is 8.56. The van der Waals surface area contributed by atoms with E-state index in [1.54, 1.807) is 46.4 Å². The van der Waals surface area contributed by atoms with Crippen molar-refractivity contribution in [1.82, 2.24) is 24.7 Å². The van der Waals surface area contributed by atoms with Gasteiger partial charge in [-0.15, -0.1) is 34.0 Å². The Bertz CT molecular complexity index is 3960. The number of aromatic nitrogens is 5. The molecule has 13 rings (SSSR count). The smallest absolute Gasteiger partial charge is 0.185 e. The van der Waals surface area contributed by atoms with Crippen molar-refractivity contribution in [2.75, 3.05) is 40.9 Å². The average Bonchev–Trinajstić information content (AvgIpc) is 4.55. The summed E-state index contributed by atoms with van der Waals surface area (Å²) in [6.07, 6.45) is 23.7. The Hall–Kier alpha value is -8.53. The third-order valence-corrected chi connectivity index (χ3v) is 20.0. The fourth-order valence-corrected chi connectivity index (χ4v) is 14.8. The van der Waals surface area contributed by atoms with E-state index in [-0.39, 0.29) is 18.1 Å². The number of aliphatic imine (C=N–C) groups is 2. The molecule has 84 heavy (non-hydrogen) atoms. The molecule has 0 radical (unpaired) electrons. The van der Waals surface area contributed by atoms with Gasteiger partial charge in [0.15, 0.2) is 15.4 Å². The monoisotopic (exact) mass is 1160 g/mol. The Morgan fingerprint density at radius 2 is 1.43 bits per heavy atom. The second-order valence-electron chi connectivity index (χ2n) is 22.2. The van der Waals surface area contributed by atoms with Crippen LogP contribution in [-0.2, 0) is 43.5 Å². The average molecular weight is 1160 g/mol. The standard InChI is InChI=1S/C67H65N13OS3/c1-44(49-6-3-7-56(36-49)72-26-20-61(70)63-18-15-53-42-79(30-23-62(53)81-63)66-74-39-59(83-66)34-46-5-2-8-57(32-46)80-27-4-24-76-80)64-40-75-67(84-64)77-29-22-50-35-51(13-14-52(50)41-77)60(69)19-25-71-55-16-10-45(11-17-55)33-58-38-73-65(82-58)78-28-21-48-12-9-47(37-68)31-54(48)43-78/h2-14,16-17,19-20,24-27,31-32,35-36,38-40,44,53,62-63H,15,18,21-23,28-30,33-34,41-43,69-70H2,1H3. The molecule has 9 aromatic rings. The van der Waals surface area contributed by atoms with Crippen molar-refractivity contribution in [3.63, 3.8) is 0 Å². The second-order valence-corrected chi connectivity index (χ2v) is 25.5. The molecule has 2 fully saturated rings. The number of hydrogen-bond acceptors (Lipinski definition) is 16. The molecule has 0 amide bonds. The van der Waals surface area contributed by atoms with Crippen molar-refractivity contribution in [1.29, 1.82) is 5.26 Å². The van der Waals surface area contributed by atoms with E-state index in [0.717, 1.165) is 128 Å². The number of allylic oxidation sites excluding steroid dienone is 2. The zero-order valence-corrected chi connectivity index (χ0v) is 49.3. The first-order chi connectivity index (χ1) is 41.2. The molecule has 0 saturated carbocycles. The van der Waals surface area contributed by atoms with Gasteiger partial charge in [0.25, 0.3) is 0 Å². The lowest BCUT2D eigenvalue weighted by Crippen LogP contribution is -2.49. The van der Waals surface area contributed by atoms with Crippen molar-refractivity contribution in [2.24, 2.45) is 27.4 Å². The van der Waals surface area contributed by atoms with Crippen LogP contribution in [0.3, 0.4) is 0 Å². The number of ether oxygens (including phenoxy) is 1. The Labute approximate surface area is 502 Å². The van der Waals surface area contributed by atoms with Crippen LogP contribution in [0.1, 0.15) is 96.8 Å². The maximum absolute atomic E-state index is 9.37. The highest BCUT2D eigenvalue weighted by Gasteiger charge is 2.37. The van der Waals surface area contributed by atoms with Crippen LogP contribution in [0.2, 0.25) is 0 Å². The highest BCUT2D eigenvalue weighted by molar-refractivity contribution is 7.16. The minimum absolute atomic E-state index is 0.111. The summed E-state index contributed by atoms with van der Waals surface area (Å²) in [6.45, 7) is 7.49. The summed E-state index contributed by atoms with van der Waals surface area (Å²) in [7, 11) is 0. The number of nitriles is 1. The first-order valence-corrected chi connectivity index (χ1v) is 31.3. The van der Waals surface area contributed by atoms with Gasteiger partial charge in [0, 0.05) is 133 Å². The molecular formula is C67H65N13OS3. The Morgan fingerprint density at radius 1 is 0.690 bits per heavy atom. The van der Waals surface area contributed by atoms with Crippen LogP contribution in [0.15, 0.2) is 174 Å². The molecule has 2 saturated heterocycles. The van der Waals surface area contributed by atoms with Gasteiger partial charge in [0.2, 0.25) is 0 Å². The Morgan fingerprint density at radius 3 is 2.25 bits per heavy atom. The lowest BCUT2D eigenvalue weighted by molar-refractivity contribution is -0.0747. The number of anilines is 3. The van der Waals surface area contributed by atoms with Gasteiger partial charge in [-0.3, -0.25) is 9.98 Å². The van der Waals surface area contributed by atoms with Crippen LogP contribution >= 0.6 is 34.0 Å². The van der Waals surface area contributed by atoms with E-state index in [0.29, 0.717) is 17.2 Å². The number of nitrogens with zero attached hydrogens (tertiary/aromatic N) is 11. The van der Waals surface area contributed by atoms with Crippen LogP contribution in [0.25, 0.3) is 11.4 Å². The minimum atomic E-state index is -0.111. The summed E-state index contributed by atoms with van der Waals surface area (Å²) in [4.78, 5) is 34.9. The molecule has 17 heteroatoms. The number of benzene rings is 5. The molecule has 5 aromatic carbocycles. The predicted octanol–water partition coefficient (Wildman–Crippen LogP) is 12.9. The molecule has 4 atom stereocenters. The predicted molar refractivity (Wildman–Crippen MR) is 342 cm³/mol. The van der Waals surface area contributed by atoms with E-state index < -0.39 is 0 Å². The van der Waals surface area contributed by atoms with Crippen LogP contribution in [-0.4, -0.2) is 75.5 Å². The van der Waals surface area contributed by atoms with Gasteiger partial charge >= 0.3 is 0 Å². The zero-order chi connectivity index (χ0) is 56.9. The van der Waals surface area contributed by atoms with E-state index in [2.05, 4.69) is 112 Å². The molecule has 4 unspecified atom stereocenters. The number of thiazole rings is 3. The highest BCUT2D eigenvalue weighted by Crippen LogP contribution is 2.39. The highest BCUT2D eigenvalue weighted by atomic mass is 32.1. The lowest BCUT2D eigenvalue weighted by atomic mass is 9.86. The maximum atomic E-state index is 9.37. The van der Waals surface area contributed by atoms with Crippen molar-refractivity contribution in [3.8, 4) is 11.8 Å². The van der Waals surface area contributed by atoms with Gasteiger partial charge in [0.05, 0.1) is 40.9 Å². The van der Waals surface area contributed by atoms with E-state index >= 15 is 0 Å². The number of nitrogens with two attached hydrogens (primary N) is 2. The lowest BCUT2D eigenvalue weighted by Gasteiger charge is -2.43. The van der Waals surface area contributed by atoms with Crippen molar-refractivity contribution in [2.45, 2.75) is 83.1 Å². The van der Waals surface area contributed by atoms with E-state index in [4.69, 9.17) is 41.1 Å². The van der Waals surface area contributed by atoms with Gasteiger partial charge in [-0.05, 0) is 149 Å². The third-order valence-electron chi connectivity index (χ3n) is 16.6. The van der Waals surface area contributed by atoms with Gasteiger partial charge in [0.1, 0.15) is 0 Å². The SMILES string of the molecule is CC(c1cccc(N=CC=C(N)C2CCC3CN(c4ncc(Cc5cccc(-n6cccn6)c5)s4)CCC3O2)c1)c1cnc(N2CCc3cc(C(N)=CC=Nc4ccc(Cc5cnc(N6CCc7ccc(C#N)cc7C6)s5)cc4)ccc3C2)s1. The zero-order valence-electron chi connectivity index (χ0n) is 46.9. The molecule has 0 spiro atoms. The number of rotatable bonds is 16. The van der Waals surface area contributed by atoms with E-state index in [1.807, 2.05) is 84.2 Å². The quantitative estimate of drug-likeness (QED) is 0.0881. The maximum Gasteiger partial charge on any atom is 0.185 e. The van der Waals surface area contributed by atoms with E-state index in [9.17, 15) is 5.26 Å². The molecule has 422 valence electrons. The first kappa shape index (κ1) is 54.7. The van der Waals surface area contributed by atoms with Crippen molar-refractivity contribution < 1.29 is 4.74 Å². The summed E-state index contributed by atoms with van der Waals surface area (Å²) in [5.41, 5.74) is 28.0. The first-order valence-electron chi connectivity index (χ1n) is 28.9. The topological polar surface area (TPSA) is 176 Å². The Kier molecular flexibility index (Phi) is 16.1. The van der Waals surface area contributed by atoms with E-state index in [1.165, 1.54) is 53.6 Å². The van der Waals surface area contributed by atoms with Crippen LogP contribution in [0.4, 0.5) is 26.8 Å². The van der Waals surface area contributed by atoms with Gasteiger partial charge in [-0.25, -0.2) is 19.6 Å². The van der Waals surface area contributed by atoms with Crippen LogP contribution in [0.5, 0.6) is 0 Å². The Balaban J connectivity index is 0.558. The van der Waals surface area contributed by atoms with Crippen LogP contribution in [0, 0.1) is 17.2 Å². The summed E-state index contributed by atoms with van der Waals surface area (Å²) in [5.74, 6) is 0.604. The summed E-state index contributed by atoms with van der Waals surface area (Å²) in [5, 5.41) is 16.9. The molecule has 4 aliphatic rings. The number of hydrogen-bond donors (Lipinski definition) is 2. The summed E-state index contributed by atoms with van der Waals surface area (Å²) >= 11 is 5.29. The molecule has 4 aromatic heterocycles. The van der Waals surface area contributed by atoms with Crippen LogP contribution < -0.4 is 26.2 Å². The number of piperidine rings is 1. The fraction of sp³-hybridized carbons (Fsp3) is 0.269. The molecule has 8 heterocycles. The molecule has 14 nitrogen and oxygen atoms in total. The van der Waals surface area contributed by atoms with Crippen molar-refractivity contribution >= 4 is 78.9 Å². The fourth-order valence-electron chi connectivity index (χ4n) is 11.9. The molecular weight excluding hydrogens is 1100 g/mol. The molecule has 4 aliphatic heterocycles. The van der Waals surface area contributed by atoms with Crippen molar-refractivity contribution in [3.05, 3.63) is 229 Å². The molecule has 0 aliphatic carbocycles. The second kappa shape index (κ2) is 24.7. The number of fused-ring (bicyclic) bond motifs is 3.